The van der Waals surface area contributed by atoms with Crippen molar-refractivity contribution in [3.05, 3.63) is 28.2 Å². The summed E-state index contributed by atoms with van der Waals surface area (Å²) < 4.78 is 26.8. The number of sulfonamides is 1. The van der Waals surface area contributed by atoms with Gasteiger partial charge < -0.3 is 0 Å². The lowest BCUT2D eigenvalue weighted by molar-refractivity contribution is -0.123. The van der Waals surface area contributed by atoms with Crippen LogP contribution in [0.1, 0.15) is 25.3 Å². The summed E-state index contributed by atoms with van der Waals surface area (Å²) in [5, 5.41) is 0. The largest absolute Gasteiger partial charge is 0.274 e. The lowest BCUT2D eigenvalue weighted by atomic mass is 10.1. The molecule has 0 bridgehead atoms. The molecular weight excluding hydrogens is 330 g/mol. The summed E-state index contributed by atoms with van der Waals surface area (Å²) in [5.74, 6) is -0.166. The predicted molar refractivity (Wildman–Crippen MR) is 76.2 cm³/mol. The first kappa shape index (κ1) is 14.5. The first-order chi connectivity index (χ1) is 8.86. The van der Waals surface area contributed by atoms with E-state index in [9.17, 15) is 13.2 Å². The molecular formula is C13H16BrNO3S. The molecule has 0 aliphatic carbocycles. The Hall–Kier alpha value is -0.880. The van der Waals surface area contributed by atoms with Crippen molar-refractivity contribution in [2.45, 2.75) is 31.6 Å². The van der Waals surface area contributed by atoms with Crippen molar-refractivity contribution in [2.24, 2.45) is 5.92 Å². The molecule has 1 amide bonds. The van der Waals surface area contributed by atoms with Crippen LogP contribution in [-0.4, -0.2) is 25.2 Å². The number of amides is 1. The summed E-state index contributed by atoms with van der Waals surface area (Å²) in [4.78, 5) is 12.1. The Morgan fingerprint density at radius 3 is 2.68 bits per heavy atom. The van der Waals surface area contributed by atoms with E-state index in [0.717, 1.165) is 10.7 Å². The second-order valence-electron chi connectivity index (χ2n) is 4.82. The second-order valence-corrected chi connectivity index (χ2v) is 7.56. The molecule has 0 saturated carbocycles. The Bertz CT molecular complexity index is 612. The molecule has 1 aromatic carbocycles. The van der Waals surface area contributed by atoms with Gasteiger partial charge in [-0.1, -0.05) is 35.3 Å². The lowest BCUT2D eigenvalue weighted by Crippen LogP contribution is -2.32. The highest BCUT2D eigenvalue weighted by molar-refractivity contribution is 9.10. The third-order valence-electron chi connectivity index (χ3n) is 3.46. The van der Waals surface area contributed by atoms with Crippen LogP contribution in [0.15, 0.2) is 27.6 Å². The molecule has 1 aliphatic heterocycles. The highest BCUT2D eigenvalue weighted by Crippen LogP contribution is 2.29. The smallest absolute Gasteiger partial charge is 0.266 e. The Morgan fingerprint density at radius 1 is 1.42 bits per heavy atom. The van der Waals surface area contributed by atoms with E-state index in [2.05, 4.69) is 15.9 Å². The monoisotopic (exact) mass is 345 g/mol. The Balaban J connectivity index is 2.43. The van der Waals surface area contributed by atoms with Gasteiger partial charge in [0.05, 0.1) is 4.90 Å². The van der Waals surface area contributed by atoms with Gasteiger partial charge in [-0.3, -0.25) is 4.79 Å². The minimum Gasteiger partial charge on any atom is -0.274 e. The predicted octanol–water partition coefficient (Wildman–Crippen LogP) is 2.70. The van der Waals surface area contributed by atoms with Gasteiger partial charge in [0.15, 0.2) is 0 Å². The first-order valence-corrected chi connectivity index (χ1v) is 8.41. The molecule has 1 heterocycles. The number of nitrogens with zero attached hydrogens (tertiary/aromatic N) is 1. The highest BCUT2D eigenvalue weighted by atomic mass is 79.9. The van der Waals surface area contributed by atoms with E-state index >= 15 is 0 Å². The Labute approximate surface area is 122 Å². The summed E-state index contributed by atoms with van der Waals surface area (Å²) in [5.41, 5.74) is 0.649. The van der Waals surface area contributed by atoms with Crippen molar-refractivity contribution in [3.8, 4) is 0 Å². The molecule has 1 aromatic rings. The second kappa shape index (κ2) is 5.25. The first-order valence-electron chi connectivity index (χ1n) is 6.18. The molecule has 0 radical (unpaired) electrons. The number of carbonyl (C=O) groups is 1. The van der Waals surface area contributed by atoms with E-state index < -0.39 is 10.0 Å². The van der Waals surface area contributed by atoms with Crippen molar-refractivity contribution >= 4 is 31.9 Å². The summed E-state index contributed by atoms with van der Waals surface area (Å²) in [6, 6.07) is 5.07. The lowest BCUT2D eigenvalue weighted by Gasteiger charge is -2.18. The van der Waals surface area contributed by atoms with Crippen molar-refractivity contribution in [1.82, 2.24) is 4.31 Å². The van der Waals surface area contributed by atoms with Crippen LogP contribution in [-0.2, 0) is 14.8 Å². The molecule has 0 spiro atoms. The van der Waals surface area contributed by atoms with Crippen molar-refractivity contribution in [1.29, 1.82) is 0 Å². The van der Waals surface area contributed by atoms with Gasteiger partial charge in [-0.15, -0.1) is 0 Å². The van der Waals surface area contributed by atoms with E-state index in [-0.39, 0.29) is 16.7 Å². The molecule has 6 heteroatoms. The number of hydrogen-bond acceptors (Lipinski definition) is 3. The third-order valence-corrected chi connectivity index (χ3v) is 5.88. The zero-order chi connectivity index (χ0) is 14.2. The van der Waals surface area contributed by atoms with Crippen LogP contribution in [0.25, 0.3) is 0 Å². The maximum atomic E-state index is 12.6. The fourth-order valence-electron chi connectivity index (χ4n) is 2.23. The van der Waals surface area contributed by atoms with E-state index in [1.807, 2.05) is 6.92 Å². The minimum absolute atomic E-state index is 0.134. The molecule has 0 aromatic heterocycles. The van der Waals surface area contributed by atoms with E-state index in [1.54, 1.807) is 25.1 Å². The molecule has 1 saturated heterocycles. The number of aryl methyl sites for hydroxylation is 1. The van der Waals surface area contributed by atoms with Crippen LogP contribution < -0.4 is 0 Å². The topological polar surface area (TPSA) is 54.5 Å². The van der Waals surface area contributed by atoms with Gasteiger partial charge in [0.1, 0.15) is 0 Å². The van der Waals surface area contributed by atoms with Gasteiger partial charge in [-0.05, 0) is 30.5 Å². The molecule has 104 valence electrons. The highest BCUT2D eigenvalue weighted by Gasteiger charge is 2.38. The normalized spacial score (nSPS) is 20.1. The number of hydrogen-bond donors (Lipinski definition) is 0. The minimum atomic E-state index is -3.73. The Morgan fingerprint density at radius 2 is 2.11 bits per heavy atom. The zero-order valence-electron chi connectivity index (χ0n) is 10.9. The summed E-state index contributed by atoms with van der Waals surface area (Å²) in [7, 11) is -3.73. The van der Waals surface area contributed by atoms with Crippen LogP contribution in [0.5, 0.6) is 0 Å². The molecule has 4 nitrogen and oxygen atoms in total. The fraction of sp³-hybridized carbons (Fsp3) is 0.462. The maximum Gasteiger partial charge on any atom is 0.266 e. The van der Waals surface area contributed by atoms with E-state index in [1.165, 1.54) is 0 Å². The number of rotatable bonds is 3. The van der Waals surface area contributed by atoms with Crippen LogP contribution in [0.4, 0.5) is 0 Å². The average Bonchev–Trinajstić information content (AvgIpc) is 2.74. The molecule has 0 N–H and O–H groups in total. The standard InChI is InChI=1S/C13H16BrNO3S/c1-3-10-6-13(16)15(8-10)19(17,18)12-7-11(14)5-4-9(12)2/h4-5,7,10H,3,6,8H2,1-2H3. The molecule has 1 fully saturated rings. The van der Waals surface area contributed by atoms with Crippen LogP contribution in [0.2, 0.25) is 0 Å². The van der Waals surface area contributed by atoms with Gasteiger partial charge in [0.25, 0.3) is 10.0 Å². The van der Waals surface area contributed by atoms with Gasteiger partial charge in [-0.25, -0.2) is 12.7 Å². The fourth-order valence-corrected chi connectivity index (χ4v) is 4.48. The summed E-state index contributed by atoms with van der Waals surface area (Å²) >= 11 is 3.27. The van der Waals surface area contributed by atoms with Gasteiger partial charge in [0, 0.05) is 17.4 Å². The third kappa shape index (κ3) is 2.69. The number of benzene rings is 1. The molecule has 1 unspecified atom stereocenters. The van der Waals surface area contributed by atoms with Crippen LogP contribution in [0.3, 0.4) is 0 Å². The SMILES string of the molecule is CCC1CC(=O)N(S(=O)(=O)c2cc(Br)ccc2C)C1. The molecule has 19 heavy (non-hydrogen) atoms. The van der Waals surface area contributed by atoms with Gasteiger partial charge in [0.2, 0.25) is 5.91 Å². The molecule has 2 rings (SSSR count). The zero-order valence-corrected chi connectivity index (χ0v) is 13.3. The number of carbonyl (C=O) groups excluding carboxylic acids is 1. The van der Waals surface area contributed by atoms with Crippen molar-refractivity contribution < 1.29 is 13.2 Å². The van der Waals surface area contributed by atoms with Crippen molar-refractivity contribution in [3.63, 3.8) is 0 Å². The van der Waals surface area contributed by atoms with Crippen LogP contribution in [0, 0.1) is 12.8 Å². The quantitative estimate of drug-likeness (QED) is 0.846. The van der Waals surface area contributed by atoms with E-state index in [0.29, 0.717) is 23.0 Å². The Kier molecular flexibility index (Phi) is 4.01. The van der Waals surface area contributed by atoms with Gasteiger partial charge >= 0.3 is 0 Å². The van der Waals surface area contributed by atoms with Crippen molar-refractivity contribution in [2.75, 3.05) is 6.54 Å². The average molecular weight is 346 g/mol. The molecule has 1 aliphatic rings. The maximum absolute atomic E-state index is 12.6. The number of halogens is 1. The van der Waals surface area contributed by atoms with Gasteiger partial charge in [-0.2, -0.15) is 0 Å². The van der Waals surface area contributed by atoms with E-state index in [4.69, 9.17) is 0 Å². The summed E-state index contributed by atoms with van der Waals surface area (Å²) in [6.45, 7) is 4.00. The van der Waals surface area contributed by atoms with Crippen LogP contribution >= 0.6 is 15.9 Å². The summed E-state index contributed by atoms with van der Waals surface area (Å²) in [6.07, 6.45) is 1.14. The molecule has 1 atom stereocenters.